The average molecular weight is 355 g/mol. The number of nitriles is 1. The van der Waals surface area contributed by atoms with E-state index in [1.807, 2.05) is 36.4 Å². The predicted molar refractivity (Wildman–Crippen MR) is 103 cm³/mol. The second-order valence-electron chi connectivity index (χ2n) is 5.41. The lowest BCUT2D eigenvalue weighted by Crippen LogP contribution is -2.18. The fraction of sp³-hybridized carbons (Fsp3) is 0.263. The Balaban J connectivity index is 1.60. The van der Waals surface area contributed by atoms with E-state index in [1.54, 1.807) is 12.1 Å². The van der Waals surface area contributed by atoms with Crippen LogP contribution in [0.4, 0.5) is 5.69 Å². The SMILES string of the molecule is N#Cc1cccc(OCCCCCOc2cccc(NC(N)=S)c2)c1. The molecule has 2 rings (SSSR count). The van der Waals surface area contributed by atoms with Crippen molar-refractivity contribution in [2.75, 3.05) is 18.5 Å². The van der Waals surface area contributed by atoms with Gasteiger partial charge in [0.25, 0.3) is 0 Å². The van der Waals surface area contributed by atoms with Crippen molar-refractivity contribution in [1.82, 2.24) is 0 Å². The summed E-state index contributed by atoms with van der Waals surface area (Å²) in [4.78, 5) is 0. The van der Waals surface area contributed by atoms with Crippen molar-refractivity contribution in [1.29, 1.82) is 5.26 Å². The molecular weight excluding hydrogens is 334 g/mol. The smallest absolute Gasteiger partial charge is 0.168 e. The highest BCUT2D eigenvalue weighted by atomic mass is 32.1. The first-order chi connectivity index (χ1) is 12.2. The third-order valence-corrected chi connectivity index (χ3v) is 3.49. The van der Waals surface area contributed by atoms with Crippen molar-refractivity contribution in [3.05, 3.63) is 54.1 Å². The van der Waals surface area contributed by atoms with Gasteiger partial charge in [-0.2, -0.15) is 5.26 Å². The molecule has 5 nitrogen and oxygen atoms in total. The molecule has 25 heavy (non-hydrogen) atoms. The largest absolute Gasteiger partial charge is 0.494 e. The van der Waals surface area contributed by atoms with Crippen molar-refractivity contribution >= 4 is 23.0 Å². The molecule has 0 fully saturated rings. The molecule has 0 aliphatic carbocycles. The average Bonchev–Trinajstić information content (AvgIpc) is 2.61. The number of unbranched alkanes of at least 4 members (excludes halogenated alkanes) is 2. The second-order valence-corrected chi connectivity index (χ2v) is 5.85. The molecule has 0 atom stereocenters. The van der Waals surface area contributed by atoms with Gasteiger partial charge in [0.15, 0.2) is 5.11 Å². The Morgan fingerprint density at radius 3 is 2.28 bits per heavy atom. The standard InChI is InChI=1S/C19H21N3O2S/c20-14-15-6-4-8-17(12-15)23-10-2-1-3-11-24-18-9-5-7-16(13-18)22-19(21)25/h4-9,12-13H,1-3,10-11H2,(H3,21,22,25). The van der Waals surface area contributed by atoms with Crippen LogP contribution in [0.25, 0.3) is 0 Å². The summed E-state index contributed by atoms with van der Waals surface area (Å²) in [5.74, 6) is 1.52. The Kier molecular flexibility index (Phi) is 7.54. The number of hydrogen-bond acceptors (Lipinski definition) is 4. The maximum Gasteiger partial charge on any atom is 0.168 e. The molecule has 0 unspecified atom stereocenters. The first kappa shape index (κ1) is 18.6. The van der Waals surface area contributed by atoms with Crippen LogP contribution in [-0.4, -0.2) is 18.3 Å². The van der Waals surface area contributed by atoms with Gasteiger partial charge in [-0.05, 0) is 61.8 Å². The van der Waals surface area contributed by atoms with Crippen molar-refractivity contribution in [3.63, 3.8) is 0 Å². The van der Waals surface area contributed by atoms with Crippen molar-refractivity contribution in [2.45, 2.75) is 19.3 Å². The lowest BCUT2D eigenvalue weighted by Gasteiger charge is -2.09. The molecule has 0 radical (unpaired) electrons. The van der Waals surface area contributed by atoms with Crippen LogP contribution < -0.4 is 20.5 Å². The zero-order valence-electron chi connectivity index (χ0n) is 13.9. The molecule has 2 aromatic carbocycles. The van der Waals surface area contributed by atoms with E-state index < -0.39 is 0 Å². The molecule has 0 aliphatic rings. The summed E-state index contributed by atoms with van der Waals surface area (Å²) in [6.45, 7) is 1.27. The highest BCUT2D eigenvalue weighted by Gasteiger charge is 1.99. The molecule has 0 aliphatic heterocycles. The number of benzene rings is 2. The van der Waals surface area contributed by atoms with Gasteiger partial charge in [-0.15, -0.1) is 0 Å². The summed E-state index contributed by atoms with van der Waals surface area (Å²) < 4.78 is 11.4. The van der Waals surface area contributed by atoms with Crippen LogP contribution in [0.2, 0.25) is 0 Å². The summed E-state index contributed by atoms with van der Waals surface area (Å²) in [6.07, 6.45) is 2.88. The van der Waals surface area contributed by atoms with Crippen LogP contribution in [0.5, 0.6) is 11.5 Å². The molecule has 0 saturated heterocycles. The first-order valence-corrected chi connectivity index (χ1v) is 8.50. The first-order valence-electron chi connectivity index (χ1n) is 8.09. The van der Waals surface area contributed by atoms with E-state index in [1.165, 1.54) is 0 Å². The third-order valence-electron chi connectivity index (χ3n) is 3.39. The maximum atomic E-state index is 8.85. The summed E-state index contributed by atoms with van der Waals surface area (Å²) in [6, 6.07) is 16.8. The molecule has 0 saturated carbocycles. The predicted octanol–water partition coefficient (Wildman–Crippen LogP) is 3.84. The lowest BCUT2D eigenvalue weighted by atomic mass is 10.2. The molecule has 2 aromatic rings. The summed E-state index contributed by atoms with van der Waals surface area (Å²) in [5, 5.41) is 12.0. The highest BCUT2D eigenvalue weighted by molar-refractivity contribution is 7.80. The summed E-state index contributed by atoms with van der Waals surface area (Å²) in [5.41, 5.74) is 6.88. The topological polar surface area (TPSA) is 80.3 Å². The molecule has 3 N–H and O–H groups in total. The second kappa shape index (κ2) is 10.2. The monoisotopic (exact) mass is 355 g/mol. The van der Waals surface area contributed by atoms with E-state index in [0.29, 0.717) is 18.8 Å². The van der Waals surface area contributed by atoms with Crippen LogP contribution in [0.3, 0.4) is 0 Å². The van der Waals surface area contributed by atoms with Crippen LogP contribution in [0.1, 0.15) is 24.8 Å². The molecule has 6 heteroatoms. The Morgan fingerprint density at radius 1 is 1.00 bits per heavy atom. The van der Waals surface area contributed by atoms with Crippen LogP contribution in [0.15, 0.2) is 48.5 Å². The number of nitrogens with two attached hydrogens (primary N) is 1. The lowest BCUT2D eigenvalue weighted by molar-refractivity contribution is 0.279. The number of thiocarbonyl (C=S) groups is 1. The quantitative estimate of drug-likeness (QED) is 0.525. The number of nitrogens with one attached hydrogen (secondary N) is 1. The molecule has 0 bridgehead atoms. The minimum Gasteiger partial charge on any atom is -0.494 e. The fourth-order valence-corrected chi connectivity index (χ4v) is 2.34. The van der Waals surface area contributed by atoms with Gasteiger partial charge in [0.2, 0.25) is 0 Å². The van der Waals surface area contributed by atoms with Crippen LogP contribution in [-0.2, 0) is 0 Å². The van der Waals surface area contributed by atoms with Gasteiger partial charge in [-0.1, -0.05) is 12.1 Å². The molecule has 0 aromatic heterocycles. The molecule has 130 valence electrons. The van der Waals surface area contributed by atoms with Gasteiger partial charge < -0.3 is 20.5 Å². The normalized spacial score (nSPS) is 9.88. The molecular formula is C19H21N3O2S. The Morgan fingerprint density at radius 2 is 1.64 bits per heavy atom. The van der Waals surface area contributed by atoms with E-state index in [9.17, 15) is 0 Å². The Labute approximate surface area is 153 Å². The van der Waals surface area contributed by atoms with Crippen LogP contribution >= 0.6 is 12.2 Å². The summed E-state index contributed by atoms with van der Waals surface area (Å²) >= 11 is 4.82. The number of anilines is 1. The molecule has 0 heterocycles. The van der Waals surface area contributed by atoms with E-state index in [0.717, 1.165) is 36.4 Å². The number of rotatable bonds is 9. The number of hydrogen-bond donors (Lipinski definition) is 2. The minimum absolute atomic E-state index is 0.234. The van der Waals surface area contributed by atoms with E-state index in [4.69, 9.17) is 32.7 Å². The molecule has 0 spiro atoms. The number of nitrogens with zero attached hydrogens (tertiary/aromatic N) is 1. The fourth-order valence-electron chi connectivity index (χ4n) is 2.22. The Bertz CT molecular complexity index is 743. The van der Waals surface area contributed by atoms with Crippen molar-refractivity contribution in [3.8, 4) is 17.6 Å². The van der Waals surface area contributed by atoms with E-state index in [-0.39, 0.29) is 5.11 Å². The van der Waals surface area contributed by atoms with E-state index in [2.05, 4.69) is 11.4 Å². The third kappa shape index (κ3) is 7.10. The minimum atomic E-state index is 0.234. The van der Waals surface area contributed by atoms with Gasteiger partial charge >= 0.3 is 0 Å². The van der Waals surface area contributed by atoms with Gasteiger partial charge in [-0.25, -0.2) is 0 Å². The zero-order chi connectivity index (χ0) is 17.9. The van der Waals surface area contributed by atoms with Gasteiger partial charge in [0.1, 0.15) is 11.5 Å². The van der Waals surface area contributed by atoms with Crippen molar-refractivity contribution < 1.29 is 9.47 Å². The van der Waals surface area contributed by atoms with Gasteiger partial charge in [0, 0.05) is 11.8 Å². The zero-order valence-corrected chi connectivity index (χ0v) is 14.7. The maximum absolute atomic E-state index is 8.85. The van der Waals surface area contributed by atoms with Gasteiger partial charge in [0.05, 0.1) is 24.8 Å². The van der Waals surface area contributed by atoms with Crippen LogP contribution in [0, 0.1) is 11.3 Å². The highest BCUT2D eigenvalue weighted by Crippen LogP contribution is 2.18. The summed E-state index contributed by atoms with van der Waals surface area (Å²) in [7, 11) is 0. The van der Waals surface area contributed by atoms with Gasteiger partial charge in [-0.3, -0.25) is 0 Å². The molecule has 0 amide bonds. The number of ether oxygens (including phenoxy) is 2. The Hall–Kier alpha value is -2.78. The van der Waals surface area contributed by atoms with E-state index >= 15 is 0 Å². The van der Waals surface area contributed by atoms with Crippen molar-refractivity contribution in [2.24, 2.45) is 5.73 Å².